The van der Waals surface area contributed by atoms with Gasteiger partial charge in [-0.3, -0.25) is 0 Å². The first-order chi connectivity index (χ1) is 6.74. The average molecular weight is 266 g/mol. The molecule has 1 heterocycles. The summed E-state index contributed by atoms with van der Waals surface area (Å²) in [6.45, 7) is 0.607. The van der Waals surface area contributed by atoms with Crippen LogP contribution in [0.3, 0.4) is 0 Å². The minimum absolute atomic E-state index is 0. The zero-order valence-electron chi connectivity index (χ0n) is 7.89. The summed E-state index contributed by atoms with van der Waals surface area (Å²) in [5.41, 5.74) is 7.63. The zero-order chi connectivity index (χ0) is 10.1. The molecule has 0 saturated carbocycles. The number of halogens is 3. The Kier molecular flexibility index (Phi) is 4.29. The van der Waals surface area contributed by atoms with Crippen LogP contribution in [0.1, 0.15) is 5.56 Å². The molecule has 0 fully saturated rings. The smallest absolute Gasteiger partial charge is 0.0688 e. The molecule has 0 amide bonds. The topological polar surface area (TPSA) is 41.8 Å². The van der Waals surface area contributed by atoms with Crippen LogP contribution >= 0.6 is 35.6 Å². The molecule has 0 atom stereocenters. The van der Waals surface area contributed by atoms with Crippen LogP contribution in [0.4, 0.5) is 0 Å². The maximum absolute atomic E-state index is 6.12. The third-order valence-corrected chi connectivity index (χ3v) is 3.04. The lowest BCUT2D eigenvalue weighted by Crippen LogP contribution is -2.01. The molecule has 82 valence electrons. The Bertz CT molecular complexity index is 465. The van der Waals surface area contributed by atoms with E-state index >= 15 is 0 Å². The van der Waals surface area contributed by atoms with Crippen LogP contribution in [-0.4, -0.2) is 11.5 Å². The molecular weight excluding hydrogens is 254 g/mol. The number of hydrogen-bond donors (Lipinski definition) is 2. The summed E-state index contributed by atoms with van der Waals surface area (Å²) in [5, 5.41) is 2.18. The average Bonchev–Trinajstić information content (AvgIpc) is 2.57. The van der Waals surface area contributed by atoms with Crippen molar-refractivity contribution in [1.29, 1.82) is 0 Å². The normalized spacial score (nSPS) is 10.3. The maximum atomic E-state index is 6.12. The van der Waals surface area contributed by atoms with Crippen molar-refractivity contribution in [3.63, 3.8) is 0 Å². The van der Waals surface area contributed by atoms with Gasteiger partial charge in [-0.1, -0.05) is 23.2 Å². The van der Waals surface area contributed by atoms with Gasteiger partial charge in [0.1, 0.15) is 0 Å². The molecule has 15 heavy (non-hydrogen) atoms. The lowest BCUT2D eigenvalue weighted by atomic mass is 10.1. The van der Waals surface area contributed by atoms with Gasteiger partial charge in [0, 0.05) is 17.1 Å². The van der Waals surface area contributed by atoms with Crippen molar-refractivity contribution in [2.45, 2.75) is 6.42 Å². The molecule has 1 aromatic carbocycles. The third kappa shape index (κ3) is 2.23. The van der Waals surface area contributed by atoms with E-state index in [9.17, 15) is 0 Å². The van der Waals surface area contributed by atoms with E-state index in [0.29, 0.717) is 16.6 Å². The number of benzene rings is 1. The number of nitrogens with one attached hydrogen (secondary N) is 1. The molecule has 2 aromatic rings. The van der Waals surface area contributed by atoms with Crippen molar-refractivity contribution < 1.29 is 0 Å². The van der Waals surface area contributed by atoms with Crippen molar-refractivity contribution >= 4 is 46.5 Å². The van der Waals surface area contributed by atoms with Gasteiger partial charge in [0.25, 0.3) is 0 Å². The molecule has 0 radical (unpaired) electrons. The van der Waals surface area contributed by atoms with Crippen LogP contribution in [0.5, 0.6) is 0 Å². The van der Waals surface area contributed by atoms with E-state index in [0.717, 1.165) is 22.9 Å². The van der Waals surface area contributed by atoms with Gasteiger partial charge in [-0.2, -0.15) is 0 Å². The minimum Gasteiger partial charge on any atom is -0.361 e. The molecule has 3 N–H and O–H groups in total. The second kappa shape index (κ2) is 5.08. The highest BCUT2D eigenvalue weighted by atomic mass is 35.5. The summed E-state index contributed by atoms with van der Waals surface area (Å²) >= 11 is 12.1. The van der Waals surface area contributed by atoms with E-state index in [1.807, 2.05) is 12.3 Å². The summed E-state index contributed by atoms with van der Waals surface area (Å²) in [5.74, 6) is 0. The van der Waals surface area contributed by atoms with E-state index in [2.05, 4.69) is 4.98 Å². The van der Waals surface area contributed by atoms with Gasteiger partial charge < -0.3 is 10.7 Å². The Morgan fingerprint density at radius 3 is 2.67 bits per heavy atom. The van der Waals surface area contributed by atoms with Gasteiger partial charge in [0.05, 0.1) is 10.0 Å². The number of hydrogen-bond acceptors (Lipinski definition) is 1. The molecule has 2 nitrogen and oxygen atoms in total. The lowest BCUT2D eigenvalue weighted by molar-refractivity contribution is 0.976. The van der Waals surface area contributed by atoms with Crippen LogP contribution in [0.2, 0.25) is 10.0 Å². The number of nitrogens with two attached hydrogens (primary N) is 1. The largest absolute Gasteiger partial charge is 0.361 e. The first-order valence-corrected chi connectivity index (χ1v) is 5.13. The van der Waals surface area contributed by atoms with Crippen LogP contribution in [-0.2, 0) is 6.42 Å². The molecule has 5 heteroatoms. The fourth-order valence-corrected chi connectivity index (χ4v) is 2.02. The number of aromatic amines is 1. The summed E-state index contributed by atoms with van der Waals surface area (Å²) in [6.07, 6.45) is 2.74. The van der Waals surface area contributed by atoms with Crippen LogP contribution < -0.4 is 5.73 Å². The lowest BCUT2D eigenvalue weighted by Gasteiger charge is -2.00. The summed E-state index contributed by atoms with van der Waals surface area (Å²) in [6, 6.07) is 3.71. The third-order valence-electron chi connectivity index (χ3n) is 2.23. The molecule has 0 unspecified atom stereocenters. The highest BCUT2D eigenvalue weighted by Gasteiger charge is 2.09. The predicted molar refractivity (Wildman–Crippen MR) is 68.3 cm³/mol. The van der Waals surface area contributed by atoms with Crippen LogP contribution in [0.15, 0.2) is 18.3 Å². The number of H-pyrrole nitrogens is 1. The SMILES string of the molecule is Cl.NCCc1c[nH]c2ccc(Cl)c(Cl)c12. The Hall–Kier alpha value is -0.410. The van der Waals surface area contributed by atoms with Crippen molar-refractivity contribution in [3.8, 4) is 0 Å². The van der Waals surface area contributed by atoms with Gasteiger partial charge >= 0.3 is 0 Å². The fraction of sp³-hybridized carbons (Fsp3) is 0.200. The molecule has 1 aromatic heterocycles. The van der Waals surface area contributed by atoms with E-state index in [4.69, 9.17) is 28.9 Å². The summed E-state index contributed by atoms with van der Waals surface area (Å²) < 4.78 is 0. The fourth-order valence-electron chi connectivity index (χ4n) is 1.57. The molecule has 0 aliphatic carbocycles. The van der Waals surface area contributed by atoms with Gasteiger partial charge in [0.2, 0.25) is 0 Å². The van der Waals surface area contributed by atoms with E-state index in [1.54, 1.807) is 6.07 Å². The molecule has 0 bridgehead atoms. The van der Waals surface area contributed by atoms with E-state index in [-0.39, 0.29) is 12.4 Å². The van der Waals surface area contributed by atoms with E-state index < -0.39 is 0 Å². The zero-order valence-corrected chi connectivity index (χ0v) is 10.2. The Balaban J connectivity index is 0.00000112. The highest BCUT2D eigenvalue weighted by Crippen LogP contribution is 2.32. The van der Waals surface area contributed by atoms with Gasteiger partial charge in [-0.05, 0) is 30.7 Å². The standard InChI is InChI=1S/C10H10Cl2N2.ClH/c11-7-1-2-8-9(10(7)12)6(3-4-13)5-14-8;/h1-2,5,14H,3-4,13H2;1H. The number of aromatic nitrogens is 1. The van der Waals surface area contributed by atoms with Gasteiger partial charge in [-0.25, -0.2) is 0 Å². The summed E-state index contributed by atoms with van der Waals surface area (Å²) in [4.78, 5) is 3.14. The Labute approximate surface area is 104 Å². The van der Waals surface area contributed by atoms with E-state index in [1.165, 1.54) is 0 Å². The van der Waals surface area contributed by atoms with Crippen molar-refractivity contribution in [1.82, 2.24) is 4.98 Å². The molecule has 0 saturated heterocycles. The number of fused-ring (bicyclic) bond motifs is 1. The van der Waals surface area contributed by atoms with Gasteiger partial charge in [0.15, 0.2) is 0 Å². The Morgan fingerprint density at radius 2 is 2.00 bits per heavy atom. The second-order valence-electron chi connectivity index (χ2n) is 3.14. The van der Waals surface area contributed by atoms with Crippen molar-refractivity contribution in [2.75, 3.05) is 6.54 Å². The summed E-state index contributed by atoms with van der Waals surface area (Å²) in [7, 11) is 0. The first-order valence-electron chi connectivity index (χ1n) is 4.38. The molecule has 0 aliphatic heterocycles. The minimum atomic E-state index is 0. The monoisotopic (exact) mass is 264 g/mol. The first kappa shape index (κ1) is 12.7. The predicted octanol–water partition coefficient (Wildman–Crippen LogP) is 3.40. The van der Waals surface area contributed by atoms with Crippen LogP contribution in [0.25, 0.3) is 10.9 Å². The molecule has 0 spiro atoms. The van der Waals surface area contributed by atoms with Gasteiger partial charge in [-0.15, -0.1) is 12.4 Å². The Morgan fingerprint density at radius 1 is 1.27 bits per heavy atom. The second-order valence-corrected chi connectivity index (χ2v) is 3.92. The van der Waals surface area contributed by atoms with Crippen molar-refractivity contribution in [2.24, 2.45) is 5.73 Å². The van der Waals surface area contributed by atoms with Crippen LogP contribution in [0, 0.1) is 0 Å². The molecular formula is C10H11Cl3N2. The quantitative estimate of drug-likeness (QED) is 0.858. The molecule has 2 rings (SSSR count). The highest BCUT2D eigenvalue weighted by molar-refractivity contribution is 6.45. The molecule has 0 aliphatic rings. The van der Waals surface area contributed by atoms with Crippen molar-refractivity contribution in [3.05, 3.63) is 33.9 Å². The number of rotatable bonds is 2. The maximum Gasteiger partial charge on any atom is 0.0688 e.